The third-order valence-electron chi connectivity index (χ3n) is 4.38. The van der Waals surface area contributed by atoms with E-state index in [4.69, 9.17) is 10.5 Å². The zero-order chi connectivity index (χ0) is 19.2. The number of hydrogen-bond acceptors (Lipinski definition) is 4. The van der Waals surface area contributed by atoms with E-state index in [-0.39, 0.29) is 31.4 Å². The summed E-state index contributed by atoms with van der Waals surface area (Å²) in [6.07, 6.45) is 0.134. The quantitative estimate of drug-likeness (QED) is 0.768. The fraction of sp³-hybridized carbons (Fsp3) is 0.250. The van der Waals surface area contributed by atoms with Crippen LogP contribution in [-0.2, 0) is 20.9 Å². The Balaban J connectivity index is 1.48. The molecule has 7 nitrogen and oxygen atoms in total. The van der Waals surface area contributed by atoms with Crippen LogP contribution in [0.15, 0.2) is 54.6 Å². The minimum absolute atomic E-state index is 0.0986. The summed E-state index contributed by atoms with van der Waals surface area (Å²) in [5.41, 5.74) is 6.96. The second kappa shape index (κ2) is 8.35. The number of primary amides is 1. The Labute approximate surface area is 157 Å². The molecule has 3 amide bonds. The predicted molar refractivity (Wildman–Crippen MR) is 99.9 cm³/mol. The summed E-state index contributed by atoms with van der Waals surface area (Å²) >= 11 is 0. The molecule has 7 heteroatoms. The summed E-state index contributed by atoms with van der Waals surface area (Å²) in [6, 6.07) is 16.4. The van der Waals surface area contributed by atoms with Crippen molar-refractivity contribution in [1.29, 1.82) is 0 Å². The number of ether oxygens (including phenoxy) is 1. The second-order valence-corrected chi connectivity index (χ2v) is 6.35. The van der Waals surface area contributed by atoms with E-state index in [2.05, 4.69) is 5.32 Å². The zero-order valence-corrected chi connectivity index (χ0v) is 14.8. The van der Waals surface area contributed by atoms with Gasteiger partial charge >= 0.3 is 0 Å². The van der Waals surface area contributed by atoms with Crippen LogP contribution in [0.5, 0.6) is 5.75 Å². The highest BCUT2D eigenvalue weighted by Crippen LogP contribution is 2.26. The third-order valence-corrected chi connectivity index (χ3v) is 4.38. The lowest BCUT2D eigenvalue weighted by atomic mass is 10.1. The SMILES string of the molecule is NC(=O)[C@H]1CC(=O)N(c2ccc(OCC(=O)NCc3ccccc3)cc2)C1. The number of hydrogen-bond donors (Lipinski definition) is 2. The molecule has 1 fully saturated rings. The highest BCUT2D eigenvalue weighted by Gasteiger charge is 2.33. The molecule has 1 aliphatic heterocycles. The van der Waals surface area contributed by atoms with Gasteiger partial charge in [-0.05, 0) is 29.8 Å². The topological polar surface area (TPSA) is 102 Å². The number of nitrogens with one attached hydrogen (secondary N) is 1. The number of benzene rings is 2. The van der Waals surface area contributed by atoms with Gasteiger partial charge in [0.2, 0.25) is 11.8 Å². The van der Waals surface area contributed by atoms with Gasteiger partial charge in [-0.15, -0.1) is 0 Å². The van der Waals surface area contributed by atoms with Gasteiger partial charge in [0.15, 0.2) is 6.61 Å². The monoisotopic (exact) mass is 367 g/mol. The first-order chi connectivity index (χ1) is 13.0. The van der Waals surface area contributed by atoms with Crippen LogP contribution in [0.2, 0.25) is 0 Å². The molecule has 1 aliphatic rings. The number of anilines is 1. The molecule has 0 aliphatic carbocycles. The zero-order valence-electron chi connectivity index (χ0n) is 14.8. The fourth-order valence-electron chi connectivity index (χ4n) is 2.87. The summed E-state index contributed by atoms with van der Waals surface area (Å²) in [5.74, 6) is -0.754. The minimum atomic E-state index is -0.465. The van der Waals surface area contributed by atoms with Crippen LogP contribution < -0.4 is 20.7 Å². The van der Waals surface area contributed by atoms with E-state index >= 15 is 0 Å². The molecule has 0 saturated carbocycles. The highest BCUT2D eigenvalue weighted by molar-refractivity contribution is 6.00. The van der Waals surface area contributed by atoms with E-state index in [9.17, 15) is 14.4 Å². The summed E-state index contributed by atoms with van der Waals surface area (Å²) in [4.78, 5) is 36.7. The van der Waals surface area contributed by atoms with Crippen molar-refractivity contribution >= 4 is 23.4 Å². The molecule has 0 spiro atoms. The van der Waals surface area contributed by atoms with Crippen LogP contribution in [-0.4, -0.2) is 30.9 Å². The van der Waals surface area contributed by atoms with Crippen LogP contribution in [0.1, 0.15) is 12.0 Å². The van der Waals surface area contributed by atoms with E-state index in [0.29, 0.717) is 18.0 Å². The van der Waals surface area contributed by atoms with Crippen molar-refractivity contribution in [1.82, 2.24) is 5.32 Å². The van der Waals surface area contributed by atoms with Crippen molar-refractivity contribution < 1.29 is 19.1 Å². The molecule has 140 valence electrons. The lowest BCUT2D eigenvalue weighted by molar-refractivity contribution is -0.123. The van der Waals surface area contributed by atoms with E-state index in [1.54, 1.807) is 24.3 Å². The van der Waals surface area contributed by atoms with Crippen molar-refractivity contribution in [3.63, 3.8) is 0 Å². The molecule has 0 radical (unpaired) electrons. The van der Waals surface area contributed by atoms with E-state index in [1.807, 2.05) is 30.3 Å². The molecule has 0 bridgehead atoms. The van der Waals surface area contributed by atoms with Crippen molar-refractivity contribution in [3.8, 4) is 5.75 Å². The first kappa shape index (κ1) is 18.4. The Morgan fingerprint density at radius 2 is 1.81 bits per heavy atom. The van der Waals surface area contributed by atoms with Crippen LogP contribution in [0, 0.1) is 5.92 Å². The molecule has 1 saturated heterocycles. The van der Waals surface area contributed by atoms with Gasteiger partial charge in [-0.25, -0.2) is 0 Å². The first-order valence-corrected chi connectivity index (χ1v) is 8.66. The second-order valence-electron chi connectivity index (χ2n) is 6.35. The molecule has 0 unspecified atom stereocenters. The molecule has 0 aromatic heterocycles. The molecule has 27 heavy (non-hydrogen) atoms. The molecule has 3 rings (SSSR count). The lowest BCUT2D eigenvalue weighted by Gasteiger charge is -2.16. The fourth-order valence-corrected chi connectivity index (χ4v) is 2.87. The summed E-state index contributed by atoms with van der Waals surface area (Å²) in [6.45, 7) is 0.634. The molecule has 1 heterocycles. The number of nitrogens with two attached hydrogens (primary N) is 1. The number of nitrogens with zero attached hydrogens (tertiary/aromatic N) is 1. The van der Waals surface area contributed by atoms with Gasteiger partial charge < -0.3 is 20.7 Å². The number of rotatable bonds is 7. The van der Waals surface area contributed by atoms with Crippen LogP contribution in [0.25, 0.3) is 0 Å². The summed E-state index contributed by atoms with van der Waals surface area (Å²) in [7, 11) is 0. The average Bonchev–Trinajstić information content (AvgIpc) is 3.08. The largest absolute Gasteiger partial charge is 0.484 e. The molecular weight excluding hydrogens is 346 g/mol. The van der Waals surface area contributed by atoms with Crippen LogP contribution in [0.3, 0.4) is 0 Å². The van der Waals surface area contributed by atoms with Gasteiger partial charge in [0.25, 0.3) is 5.91 Å². The Bertz CT molecular complexity index is 821. The van der Waals surface area contributed by atoms with Crippen molar-refractivity contribution in [2.45, 2.75) is 13.0 Å². The van der Waals surface area contributed by atoms with E-state index in [0.717, 1.165) is 5.56 Å². The van der Waals surface area contributed by atoms with Crippen LogP contribution >= 0.6 is 0 Å². The first-order valence-electron chi connectivity index (χ1n) is 8.66. The van der Waals surface area contributed by atoms with Crippen molar-refractivity contribution in [2.24, 2.45) is 11.7 Å². The Hall–Kier alpha value is -3.35. The minimum Gasteiger partial charge on any atom is -0.484 e. The van der Waals surface area contributed by atoms with Gasteiger partial charge in [0.05, 0.1) is 5.92 Å². The predicted octanol–water partition coefficient (Wildman–Crippen LogP) is 1.22. The normalized spacial score (nSPS) is 16.2. The highest BCUT2D eigenvalue weighted by atomic mass is 16.5. The Kier molecular flexibility index (Phi) is 5.71. The van der Waals surface area contributed by atoms with Gasteiger partial charge in [-0.2, -0.15) is 0 Å². The molecular formula is C20H21N3O4. The van der Waals surface area contributed by atoms with Gasteiger partial charge in [-0.1, -0.05) is 30.3 Å². The van der Waals surface area contributed by atoms with Gasteiger partial charge in [-0.3, -0.25) is 14.4 Å². The number of carbonyl (C=O) groups is 3. The maximum atomic E-state index is 12.0. The lowest BCUT2D eigenvalue weighted by Crippen LogP contribution is -2.28. The maximum absolute atomic E-state index is 12.0. The van der Waals surface area contributed by atoms with Gasteiger partial charge in [0, 0.05) is 25.2 Å². The standard InChI is InChI=1S/C20H21N3O4/c21-20(26)15-10-19(25)23(12-15)16-6-8-17(9-7-16)27-13-18(24)22-11-14-4-2-1-3-5-14/h1-9,15H,10-13H2,(H2,21,26)(H,22,24)/t15-/m0/s1. The van der Waals surface area contributed by atoms with Crippen LogP contribution in [0.4, 0.5) is 5.69 Å². The van der Waals surface area contributed by atoms with E-state index in [1.165, 1.54) is 4.90 Å². The van der Waals surface area contributed by atoms with Crippen molar-refractivity contribution in [2.75, 3.05) is 18.1 Å². The Morgan fingerprint density at radius 3 is 2.44 bits per heavy atom. The molecule has 1 atom stereocenters. The third kappa shape index (κ3) is 4.84. The van der Waals surface area contributed by atoms with E-state index < -0.39 is 11.8 Å². The molecule has 3 N–H and O–H groups in total. The summed E-state index contributed by atoms with van der Waals surface area (Å²) < 4.78 is 5.47. The maximum Gasteiger partial charge on any atom is 0.258 e. The Morgan fingerprint density at radius 1 is 1.11 bits per heavy atom. The summed E-state index contributed by atoms with van der Waals surface area (Å²) in [5, 5.41) is 2.79. The number of carbonyl (C=O) groups excluding carboxylic acids is 3. The number of amides is 3. The van der Waals surface area contributed by atoms with Gasteiger partial charge in [0.1, 0.15) is 5.75 Å². The average molecular weight is 367 g/mol. The molecule has 2 aromatic carbocycles. The molecule has 2 aromatic rings. The van der Waals surface area contributed by atoms with Crippen molar-refractivity contribution in [3.05, 3.63) is 60.2 Å². The smallest absolute Gasteiger partial charge is 0.258 e.